The van der Waals surface area contributed by atoms with E-state index in [4.69, 9.17) is 0 Å². The topological polar surface area (TPSA) is 0 Å². The van der Waals surface area contributed by atoms with Gasteiger partial charge in [-0.3, -0.25) is 0 Å². The molecule has 0 saturated heterocycles. The van der Waals surface area contributed by atoms with E-state index in [0.29, 0.717) is 0 Å². The van der Waals surface area contributed by atoms with Crippen molar-refractivity contribution in [2.45, 2.75) is 44.4 Å². The van der Waals surface area contributed by atoms with Crippen LogP contribution >= 0.6 is 0 Å². The molecule has 1 radical (unpaired) electrons. The first-order chi connectivity index (χ1) is 8.90. The van der Waals surface area contributed by atoms with Crippen molar-refractivity contribution in [3.63, 3.8) is 0 Å². The predicted molar refractivity (Wildman–Crippen MR) is 78.8 cm³/mol. The molecular formula is C18H21. The van der Waals surface area contributed by atoms with Gasteiger partial charge in [0, 0.05) is 0 Å². The molecule has 0 heteroatoms. The maximum atomic E-state index is 4.06. The molecule has 18 heavy (non-hydrogen) atoms. The largest absolute Gasteiger partial charge is 0.0616 e. The number of hydrogen-bond acceptors (Lipinski definition) is 0. The third-order valence-corrected chi connectivity index (χ3v) is 4.30. The summed E-state index contributed by atoms with van der Waals surface area (Å²) in [7, 11) is 0. The maximum absolute atomic E-state index is 4.06. The highest BCUT2D eigenvalue weighted by Gasteiger charge is 2.20. The average molecular weight is 237 g/mol. The first-order valence-electron chi connectivity index (χ1n) is 7.20. The number of rotatable bonds is 3. The van der Waals surface area contributed by atoms with Gasteiger partial charge in [-0.25, -0.2) is 0 Å². The highest BCUT2D eigenvalue weighted by atomic mass is 14.2. The Balaban J connectivity index is 2.14. The van der Waals surface area contributed by atoms with Crippen molar-refractivity contribution in [3.8, 4) is 0 Å². The van der Waals surface area contributed by atoms with Gasteiger partial charge in [-0.2, -0.15) is 0 Å². The van der Waals surface area contributed by atoms with Gasteiger partial charge in [0.05, 0.1) is 0 Å². The third-order valence-electron chi connectivity index (χ3n) is 4.30. The SMILES string of the molecule is [CH2]CCc1c(C2CCCC2)ccc2ccccc12. The second-order valence-electron chi connectivity index (χ2n) is 5.44. The summed E-state index contributed by atoms with van der Waals surface area (Å²) in [5, 5.41) is 2.83. The average Bonchev–Trinajstić information content (AvgIpc) is 2.93. The van der Waals surface area contributed by atoms with Crippen molar-refractivity contribution >= 4 is 10.8 Å². The van der Waals surface area contributed by atoms with Crippen LogP contribution in [0, 0.1) is 6.92 Å². The molecule has 0 aromatic heterocycles. The van der Waals surface area contributed by atoms with Crippen molar-refractivity contribution in [3.05, 3.63) is 54.4 Å². The second-order valence-corrected chi connectivity index (χ2v) is 5.44. The van der Waals surface area contributed by atoms with E-state index in [9.17, 15) is 0 Å². The fourth-order valence-corrected chi connectivity index (χ4v) is 3.43. The number of aryl methyl sites for hydroxylation is 1. The summed E-state index contributed by atoms with van der Waals surface area (Å²) in [6.45, 7) is 4.06. The minimum atomic E-state index is 0.802. The van der Waals surface area contributed by atoms with Crippen LogP contribution in [0.4, 0.5) is 0 Å². The smallest absolute Gasteiger partial charge is 0.0149 e. The minimum absolute atomic E-state index is 0.802. The number of fused-ring (bicyclic) bond motifs is 1. The first kappa shape index (κ1) is 11.8. The van der Waals surface area contributed by atoms with E-state index < -0.39 is 0 Å². The summed E-state index contributed by atoms with van der Waals surface area (Å²) in [6.07, 6.45) is 7.68. The molecule has 1 aliphatic carbocycles. The van der Waals surface area contributed by atoms with E-state index in [0.717, 1.165) is 18.8 Å². The molecule has 0 N–H and O–H groups in total. The predicted octanol–water partition coefficient (Wildman–Crippen LogP) is 5.26. The van der Waals surface area contributed by atoms with Crippen LogP contribution in [0.25, 0.3) is 10.8 Å². The van der Waals surface area contributed by atoms with Gasteiger partial charge in [0.25, 0.3) is 0 Å². The molecule has 2 aromatic carbocycles. The summed E-state index contributed by atoms with van der Waals surface area (Å²) in [5.74, 6) is 0.802. The Labute approximate surface area is 110 Å². The quantitative estimate of drug-likeness (QED) is 0.682. The van der Waals surface area contributed by atoms with Crippen LogP contribution in [0.2, 0.25) is 0 Å². The van der Waals surface area contributed by atoms with Crippen LogP contribution in [0.1, 0.15) is 49.1 Å². The fourth-order valence-electron chi connectivity index (χ4n) is 3.43. The van der Waals surface area contributed by atoms with Gasteiger partial charge < -0.3 is 0 Å². The molecule has 1 aliphatic rings. The van der Waals surface area contributed by atoms with E-state index in [1.165, 1.54) is 36.5 Å². The van der Waals surface area contributed by atoms with Gasteiger partial charge in [0.2, 0.25) is 0 Å². The Bertz CT molecular complexity index is 533. The Morgan fingerprint density at radius 1 is 1.00 bits per heavy atom. The van der Waals surface area contributed by atoms with Crippen molar-refractivity contribution < 1.29 is 0 Å². The summed E-state index contributed by atoms with van der Waals surface area (Å²) in [4.78, 5) is 0. The van der Waals surface area contributed by atoms with E-state index in [-0.39, 0.29) is 0 Å². The van der Waals surface area contributed by atoms with Gasteiger partial charge >= 0.3 is 0 Å². The van der Waals surface area contributed by atoms with Crippen LogP contribution in [-0.2, 0) is 6.42 Å². The molecule has 1 saturated carbocycles. The summed E-state index contributed by atoms with van der Waals surface area (Å²) in [6, 6.07) is 13.5. The van der Waals surface area contributed by atoms with Crippen molar-refractivity contribution in [1.29, 1.82) is 0 Å². The number of benzene rings is 2. The molecular weight excluding hydrogens is 216 g/mol. The monoisotopic (exact) mass is 237 g/mol. The highest BCUT2D eigenvalue weighted by molar-refractivity contribution is 5.87. The maximum Gasteiger partial charge on any atom is -0.0149 e. The van der Waals surface area contributed by atoms with Crippen LogP contribution < -0.4 is 0 Å². The van der Waals surface area contributed by atoms with Gasteiger partial charge in [0.1, 0.15) is 0 Å². The lowest BCUT2D eigenvalue weighted by Crippen LogP contribution is -2.00. The molecule has 0 amide bonds. The van der Waals surface area contributed by atoms with Gasteiger partial charge in [-0.05, 0) is 53.5 Å². The lowest BCUT2D eigenvalue weighted by Gasteiger charge is -2.17. The van der Waals surface area contributed by atoms with Crippen LogP contribution in [-0.4, -0.2) is 0 Å². The molecule has 0 nitrogen and oxygen atoms in total. The van der Waals surface area contributed by atoms with Crippen molar-refractivity contribution in [1.82, 2.24) is 0 Å². The van der Waals surface area contributed by atoms with Gasteiger partial charge in [-0.1, -0.05) is 56.2 Å². The molecule has 3 rings (SSSR count). The highest BCUT2D eigenvalue weighted by Crippen LogP contribution is 2.38. The van der Waals surface area contributed by atoms with Gasteiger partial charge in [-0.15, -0.1) is 0 Å². The fraction of sp³-hybridized carbons (Fsp3) is 0.389. The lowest BCUT2D eigenvalue weighted by atomic mass is 9.87. The molecule has 0 atom stereocenters. The van der Waals surface area contributed by atoms with Crippen molar-refractivity contribution in [2.75, 3.05) is 0 Å². The molecule has 93 valence electrons. The van der Waals surface area contributed by atoms with Crippen LogP contribution in [0.3, 0.4) is 0 Å². The molecule has 0 heterocycles. The van der Waals surface area contributed by atoms with Gasteiger partial charge in [0.15, 0.2) is 0 Å². The normalized spacial score (nSPS) is 16.5. The minimum Gasteiger partial charge on any atom is -0.0616 e. The van der Waals surface area contributed by atoms with E-state index >= 15 is 0 Å². The molecule has 0 bridgehead atoms. The molecule has 2 aromatic rings. The zero-order valence-corrected chi connectivity index (χ0v) is 11.0. The third kappa shape index (κ3) is 2.05. The Kier molecular flexibility index (Phi) is 3.36. The zero-order chi connectivity index (χ0) is 12.4. The Morgan fingerprint density at radius 3 is 2.56 bits per heavy atom. The van der Waals surface area contributed by atoms with E-state index in [2.05, 4.69) is 43.3 Å². The standard InChI is InChI=1S/C18H21/c1-2-7-18-16-11-6-5-10-15(16)12-13-17(18)14-8-3-4-9-14/h5-6,10-14H,1-4,7-9H2. The summed E-state index contributed by atoms with van der Waals surface area (Å²) in [5.41, 5.74) is 3.17. The zero-order valence-electron chi connectivity index (χ0n) is 11.0. The summed E-state index contributed by atoms with van der Waals surface area (Å²) >= 11 is 0. The molecule has 0 spiro atoms. The lowest BCUT2D eigenvalue weighted by molar-refractivity contribution is 0.712. The molecule has 1 fully saturated rings. The van der Waals surface area contributed by atoms with Crippen LogP contribution in [0.5, 0.6) is 0 Å². The first-order valence-corrected chi connectivity index (χ1v) is 7.20. The van der Waals surface area contributed by atoms with Crippen molar-refractivity contribution in [2.24, 2.45) is 0 Å². The Hall–Kier alpha value is -1.30. The second kappa shape index (κ2) is 5.14. The summed E-state index contributed by atoms with van der Waals surface area (Å²) < 4.78 is 0. The Morgan fingerprint density at radius 2 is 1.78 bits per heavy atom. The van der Waals surface area contributed by atoms with E-state index in [1.807, 2.05) is 0 Å². The van der Waals surface area contributed by atoms with Crippen LogP contribution in [0.15, 0.2) is 36.4 Å². The number of hydrogen-bond donors (Lipinski definition) is 0. The van der Waals surface area contributed by atoms with E-state index in [1.54, 1.807) is 11.1 Å². The molecule has 0 aliphatic heterocycles. The molecule has 0 unspecified atom stereocenters.